The Kier molecular flexibility index (Phi) is 2.74. The van der Waals surface area contributed by atoms with Crippen LogP contribution in [0.15, 0.2) is 24.3 Å². The lowest BCUT2D eigenvalue weighted by Gasteiger charge is -2.70. The third-order valence-corrected chi connectivity index (χ3v) is 8.56. The van der Waals surface area contributed by atoms with Gasteiger partial charge in [0.25, 0.3) is 0 Å². The number of benzene rings is 1. The van der Waals surface area contributed by atoms with Crippen LogP contribution in [0.4, 0.5) is 0 Å². The number of carbonyl (C=O) groups is 1. The third kappa shape index (κ3) is 1.43. The fraction of sp³-hybridized carbons (Fsp3) is 0.591. The Labute approximate surface area is 158 Å². The second-order valence-corrected chi connectivity index (χ2v) is 9.17. The number of hydrogen-bond donors (Lipinski definition) is 1. The van der Waals surface area contributed by atoms with Gasteiger partial charge in [-0.2, -0.15) is 0 Å². The zero-order chi connectivity index (χ0) is 18.8. The van der Waals surface area contributed by atoms with Crippen molar-refractivity contribution < 1.29 is 19.4 Å². The number of fused-ring (bicyclic) bond motifs is 1. The summed E-state index contributed by atoms with van der Waals surface area (Å²) in [5, 5.41) is 10.6. The molecule has 4 aliphatic carbocycles. The van der Waals surface area contributed by atoms with Gasteiger partial charge in [-0.05, 0) is 51.4 Å². The van der Waals surface area contributed by atoms with Gasteiger partial charge in [-0.3, -0.25) is 4.79 Å². The number of piperidine rings is 1. The van der Waals surface area contributed by atoms with Crippen molar-refractivity contribution >= 4 is 5.78 Å². The van der Waals surface area contributed by atoms with Crippen LogP contribution in [0.5, 0.6) is 11.5 Å². The SMILES string of the molecule is COC12C=CC3(CC1C(C)=O)C1Cc4ccc(O)c5c4C3(CCN1C)C2O5. The first-order chi connectivity index (χ1) is 12.9. The van der Waals surface area contributed by atoms with Gasteiger partial charge >= 0.3 is 0 Å². The highest BCUT2D eigenvalue weighted by Gasteiger charge is 2.79. The van der Waals surface area contributed by atoms with Crippen LogP contribution < -0.4 is 4.74 Å². The van der Waals surface area contributed by atoms with Crippen LogP contribution >= 0.6 is 0 Å². The Balaban J connectivity index is 1.73. The molecule has 1 N–H and O–H groups in total. The van der Waals surface area contributed by atoms with Crippen molar-refractivity contribution in [2.45, 2.75) is 49.3 Å². The molecule has 0 radical (unpaired) electrons. The maximum atomic E-state index is 12.7. The first-order valence-electron chi connectivity index (χ1n) is 9.89. The van der Waals surface area contributed by atoms with Crippen molar-refractivity contribution in [1.82, 2.24) is 4.90 Å². The zero-order valence-electron chi connectivity index (χ0n) is 16.0. The fourth-order valence-electron chi connectivity index (χ4n) is 7.52. The summed E-state index contributed by atoms with van der Waals surface area (Å²) in [5.41, 5.74) is 1.30. The molecule has 1 aromatic carbocycles. The fourth-order valence-corrected chi connectivity index (χ4v) is 7.52. The van der Waals surface area contributed by atoms with Crippen molar-refractivity contribution in [3.63, 3.8) is 0 Å². The molecule has 2 heterocycles. The Hall–Kier alpha value is -1.85. The van der Waals surface area contributed by atoms with E-state index in [1.807, 2.05) is 0 Å². The minimum Gasteiger partial charge on any atom is -0.504 e. The molecule has 6 atom stereocenters. The number of carbonyl (C=O) groups excluding carboxylic acids is 1. The summed E-state index contributed by atoms with van der Waals surface area (Å²) >= 11 is 0. The van der Waals surface area contributed by atoms with Gasteiger partial charge in [0.15, 0.2) is 11.5 Å². The number of Topliss-reactive ketones (excluding diaryl/α,β-unsaturated/α-hetero) is 1. The van der Waals surface area contributed by atoms with Crippen molar-refractivity contribution in [3.8, 4) is 11.5 Å². The molecule has 7 rings (SSSR count). The quantitative estimate of drug-likeness (QED) is 0.812. The van der Waals surface area contributed by atoms with E-state index in [9.17, 15) is 9.90 Å². The van der Waals surface area contributed by atoms with Gasteiger partial charge in [0.05, 0.1) is 11.3 Å². The van der Waals surface area contributed by atoms with Crippen molar-refractivity contribution in [1.29, 1.82) is 0 Å². The first kappa shape index (κ1) is 16.1. The molecule has 0 aromatic heterocycles. The lowest BCUT2D eigenvalue weighted by Crippen LogP contribution is -2.79. The van der Waals surface area contributed by atoms with Crippen LogP contribution in [0.3, 0.4) is 0 Å². The van der Waals surface area contributed by atoms with E-state index in [4.69, 9.17) is 9.47 Å². The largest absolute Gasteiger partial charge is 0.504 e. The molecule has 1 aromatic rings. The number of ether oxygens (including phenoxy) is 2. The number of nitrogens with zero attached hydrogens (tertiary/aromatic N) is 1. The van der Waals surface area contributed by atoms with Crippen molar-refractivity contribution in [2.24, 2.45) is 11.3 Å². The lowest BCUT2D eigenvalue weighted by atomic mass is 9.37. The molecule has 5 nitrogen and oxygen atoms in total. The number of likely N-dealkylation sites (tertiary alicyclic amines) is 1. The molecule has 0 amide bonds. The lowest BCUT2D eigenvalue weighted by molar-refractivity contribution is -0.212. The molecule has 1 saturated carbocycles. The second kappa shape index (κ2) is 4.58. The monoisotopic (exact) mass is 367 g/mol. The van der Waals surface area contributed by atoms with Crippen LogP contribution in [-0.4, -0.2) is 54.2 Å². The summed E-state index contributed by atoms with van der Waals surface area (Å²) in [5.74, 6) is 0.762. The molecule has 27 heavy (non-hydrogen) atoms. The van der Waals surface area contributed by atoms with E-state index in [1.165, 1.54) is 11.1 Å². The highest BCUT2D eigenvalue weighted by atomic mass is 16.6. The summed E-state index contributed by atoms with van der Waals surface area (Å²) < 4.78 is 12.7. The first-order valence-corrected chi connectivity index (χ1v) is 9.89. The number of phenolic OH excluding ortho intramolecular Hbond substituents is 1. The maximum Gasteiger partial charge on any atom is 0.165 e. The summed E-state index contributed by atoms with van der Waals surface area (Å²) in [4.78, 5) is 15.2. The third-order valence-electron chi connectivity index (χ3n) is 8.56. The maximum absolute atomic E-state index is 12.7. The van der Waals surface area contributed by atoms with Crippen molar-refractivity contribution in [2.75, 3.05) is 20.7 Å². The average Bonchev–Trinajstić information content (AvgIpc) is 3.03. The number of phenols is 1. The number of ketones is 1. The number of hydrogen-bond acceptors (Lipinski definition) is 5. The Bertz CT molecular complexity index is 925. The molecule has 6 unspecified atom stereocenters. The van der Waals surface area contributed by atoms with Crippen LogP contribution in [0.2, 0.25) is 0 Å². The van der Waals surface area contributed by atoms with Gasteiger partial charge < -0.3 is 19.5 Å². The van der Waals surface area contributed by atoms with Crippen LogP contribution in [0, 0.1) is 11.3 Å². The van der Waals surface area contributed by atoms with E-state index in [-0.39, 0.29) is 34.4 Å². The van der Waals surface area contributed by atoms with Gasteiger partial charge in [0.1, 0.15) is 17.5 Å². The highest BCUT2D eigenvalue weighted by Crippen LogP contribution is 2.74. The highest BCUT2D eigenvalue weighted by molar-refractivity contribution is 5.82. The van der Waals surface area contributed by atoms with E-state index in [0.29, 0.717) is 11.8 Å². The molecule has 2 aliphatic heterocycles. The summed E-state index contributed by atoms with van der Waals surface area (Å²) in [6.07, 6.45) is 6.85. The Morgan fingerprint density at radius 3 is 2.93 bits per heavy atom. The predicted octanol–water partition coefficient (Wildman–Crippen LogP) is 2.20. The molecular formula is C22H25NO4. The van der Waals surface area contributed by atoms with Gasteiger partial charge in [-0.1, -0.05) is 18.2 Å². The molecule has 2 spiro atoms. The van der Waals surface area contributed by atoms with E-state index < -0.39 is 5.60 Å². The van der Waals surface area contributed by atoms with E-state index >= 15 is 0 Å². The number of methoxy groups -OCH3 is 1. The summed E-state index contributed by atoms with van der Waals surface area (Å²) in [6.45, 7) is 2.66. The molecule has 1 saturated heterocycles. The molecule has 142 valence electrons. The predicted molar refractivity (Wildman–Crippen MR) is 99.0 cm³/mol. The standard InChI is InChI=1S/C22H25NO4/c1-12(24)14-11-20-6-7-22(14,26-3)19-21(20)8-9-23(2)16(20)10-13-4-5-15(25)18(27-19)17(13)21/h4-7,14,16,19,25H,8-11H2,1-3H3. The number of rotatable bonds is 2. The molecule has 4 bridgehead atoms. The summed E-state index contributed by atoms with van der Waals surface area (Å²) in [7, 11) is 3.89. The van der Waals surface area contributed by atoms with Crippen LogP contribution in [0.1, 0.15) is 30.9 Å². The second-order valence-electron chi connectivity index (χ2n) is 9.17. The van der Waals surface area contributed by atoms with Crippen molar-refractivity contribution in [3.05, 3.63) is 35.4 Å². The minimum atomic E-state index is -0.770. The van der Waals surface area contributed by atoms with Gasteiger partial charge in [0.2, 0.25) is 0 Å². The summed E-state index contributed by atoms with van der Waals surface area (Å²) in [6, 6.07) is 4.15. The van der Waals surface area contributed by atoms with Gasteiger partial charge in [0, 0.05) is 24.1 Å². The van der Waals surface area contributed by atoms with Crippen LogP contribution in [-0.2, 0) is 21.4 Å². The van der Waals surface area contributed by atoms with Gasteiger partial charge in [-0.25, -0.2) is 0 Å². The minimum absolute atomic E-state index is 0.158. The van der Waals surface area contributed by atoms with E-state index in [1.54, 1.807) is 20.1 Å². The smallest absolute Gasteiger partial charge is 0.165 e. The number of aromatic hydroxyl groups is 1. The Morgan fingerprint density at radius 1 is 1.37 bits per heavy atom. The molecular weight excluding hydrogens is 342 g/mol. The van der Waals surface area contributed by atoms with E-state index in [0.717, 1.165) is 25.8 Å². The average molecular weight is 367 g/mol. The molecule has 5 heteroatoms. The zero-order valence-corrected chi connectivity index (χ0v) is 16.0. The van der Waals surface area contributed by atoms with Gasteiger partial charge in [-0.15, -0.1) is 0 Å². The normalized spacial score (nSPS) is 45.5. The molecule has 6 aliphatic rings. The Morgan fingerprint density at radius 2 is 2.19 bits per heavy atom. The topological polar surface area (TPSA) is 59.0 Å². The number of likely N-dealkylation sites (N-methyl/N-ethyl adjacent to an activating group) is 1. The molecule has 2 fully saturated rings. The van der Waals surface area contributed by atoms with E-state index in [2.05, 4.69) is 30.2 Å². The van der Waals surface area contributed by atoms with Crippen LogP contribution in [0.25, 0.3) is 0 Å².